The smallest absolute Gasteiger partial charge is 0.293 e. The summed E-state index contributed by atoms with van der Waals surface area (Å²) in [7, 11) is 3.11. The highest BCUT2D eigenvalue weighted by molar-refractivity contribution is 5.39. The van der Waals surface area contributed by atoms with Crippen LogP contribution in [0.4, 0.5) is 0 Å². The Balaban J connectivity index is 0.000000466. The van der Waals surface area contributed by atoms with Crippen LogP contribution in [0.3, 0.4) is 0 Å². The third-order valence-electron chi connectivity index (χ3n) is 14.7. The van der Waals surface area contributed by atoms with Gasteiger partial charge in [-0.1, -0.05) is 34.1 Å². The number of carbonyl (C=O) groups excluding carboxylic acids is 1. The van der Waals surface area contributed by atoms with Gasteiger partial charge in [0.25, 0.3) is 6.47 Å². The van der Waals surface area contributed by atoms with Crippen molar-refractivity contribution >= 4 is 6.47 Å². The number of morpholine rings is 1. The van der Waals surface area contributed by atoms with Gasteiger partial charge in [-0.25, -0.2) is 0 Å². The van der Waals surface area contributed by atoms with Crippen molar-refractivity contribution in [2.75, 3.05) is 47.1 Å². The molecule has 5 saturated carbocycles. The summed E-state index contributed by atoms with van der Waals surface area (Å²) in [6.45, 7) is 20.8. The third kappa shape index (κ3) is 6.34. The highest BCUT2D eigenvalue weighted by atomic mass is 16.5. The van der Waals surface area contributed by atoms with Gasteiger partial charge in [-0.3, -0.25) is 4.79 Å². The highest BCUT2D eigenvalue weighted by Crippen LogP contribution is 2.89. The van der Waals surface area contributed by atoms with E-state index in [9.17, 15) is 15.0 Å². The largest absolute Gasteiger partial charge is 0.464 e. The maximum Gasteiger partial charge on any atom is 0.293 e. The summed E-state index contributed by atoms with van der Waals surface area (Å²) >= 11 is 0. The second-order valence-electron chi connectivity index (χ2n) is 17.1. The fourth-order valence-electron chi connectivity index (χ4n) is 12.6. The molecule has 0 aromatic heterocycles. The van der Waals surface area contributed by atoms with Crippen molar-refractivity contribution in [2.45, 2.75) is 137 Å². The van der Waals surface area contributed by atoms with E-state index in [0.29, 0.717) is 47.6 Å². The Kier molecular flexibility index (Phi) is 12.1. The number of carbonyl (C=O) groups is 1. The van der Waals surface area contributed by atoms with Gasteiger partial charge in [0, 0.05) is 32.2 Å². The predicted molar refractivity (Wildman–Crippen MR) is 181 cm³/mol. The van der Waals surface area contributed by atoms with Crippen LogP contribution in [0.15, 0.2) is 0 Å². The summed E-state index contributed by atoms with van der Waals surface area (Å²) in [4.78, 5) is 13.5. The van der Waals surface area contributed by atoms with Crippen LogP contribution >= 0.6 is 0 Å². The molecular weight excluding hydrogens is 582 g/mol. The minimum atomic E-state index is -0.841. The lowest BCUT2D eigenvalue weighted by Crippen LogP contribution is -2.54. The summed E-state index contributed by atoms with van der Waals surface area (Å²) in [6.07, 6.45) is 10.7. The summed E-state index contributed by atoms with van der Waals surface area (Å²) in [6, 6.07) is 0. The first-order valence-electron chi connectivity index (χ1n) is 18.5. The van der Waals surface area contributed by atoms with Crippen molar-refractivity contribution in [3.8, 4) is 0 Å². The van der Waals surface area contributed by atoms with Crippen molar-refractivity contribution in [1.82, 2.24) is 4.90 Å². The molecule has 2 spiro atoms. The Labute approximate surface area is 280 Å². The number of aliphatic hydroxyl groups excluding tert-OH is 2. The molecule has 3 unspecified atom stereocenters. The van der Waals surface area contributed by atoms with E-state index in [0.717, 1.165) is 71.4 Å². The molecule has 0 bridgehead atoms. The standard InChI is InChI=1S/C32H54O5.C5H11NO.CH4O/c1-8-36-27(29(5,6)35)11-9-10-22-24(34)18-23-21-12-13-25-28(3,4)26(37-19-33)14-15-32(25)20(2)31(21,32)17-16-30(22,23)7;1-6-2-4-7-5-3-6;1-2/h19-27,34-35H,8-18H2,1-7H3;2-5H2,1H3;2H,1H3/t20-,21-,22-,23?,24+,25?,26-,27-,30+,31-,32?;;/m0../s1. The van der Waals surface area contributed by atoms with Crippen LogP contribution in [0, 0.1) is 51.2 Å². The van der Waals surface area contributed by atoms with Gasteiger partial charge in [-0.15, -0.1) is 0 Å². The number of aliphatic hydroxyl groups is 3. The fourth-order valence-corrected chi connectivity index (χ4v) is 12.6. The van der Waals surface area contributed by atoms with Gasteiger partial charge in [-0.2, -0.15) is 0 Å². The number of ether oxygens (including phenoxy) is 3. The summed E-state index contributed by atoms with van der Waals surface area (Å²) in [5, 5.41) is 29.0. The van der Waals surface area contributed by atoms with Gasteiger partial charge >= 0.3 is 0 Å². The number of fused-ring (bicyclic) bond motifs is 2. The first kappa shape index (κ1) is 38.0. The first-order valence-corrected chi connectivity index (χ1v) is 18.5. The van der Waals surface area contributed by atoms with Crippen LogP contribution in [-0.4, -0.2) is 97.7 Å². The molecule has 3 N–H and O–H groups in total. The van der Waals surface area contributed by atoms with E-state index in [1.807, 2.05) is 20.8 Å². The van der Waals surface area contributed by atoms with Crippen LogP contribution in [0.1, 0.15) is 113 Å². The topological polar surface area (TPSA) is 109 Å². The Morgan fingerprint density at radius 2 is 1.70 bits per heavy atom. The number of nitrogens with zero attached hydrogens (tertiary/aromatic N) is 1. The van der Waals surface area contributed by atoms with Crippen LogP contribution in [0.2, 0.25) is 0 Å². The quantitative estimate of drug-likeness (QED) is 0.273. The lowest BCUT2D eigenvalue weighted by Gasteiger charge is -2.59. The molecule has 0 radical (unpaired) electrons. The number of hydrogen-bond acceptors (Lipinski definition) is 8. The summed E-state index contributed by atoms with van der Waals surface area (Å²) < 4.78 is 16.6. The van der Waals surface area contributed by atoms with E-state index in [1.54, 1.807) is 0 Å². The SMILES string of the molecule is CCO[C@@H](CCC[C@H]1[C@H](O)CC2[C@@H]3CCC4C(C)(C)[C@@H](OC=O)CCC45[C@@H](C)[C@@]35CC[C@@]21C)C(C)(C)O.CN1CCOCC1.CO. The molecule has 268 valence electrons. The zero-order valence-electron chi connectivity index (χ0n) is 30.7. The molecule has 6 aliphatic rings. The van der Waals surface area contributed by atoms with Crippen LogP contribution in [0.25, 0.3) is 0 Å². The molecule has 1 heterocycles. The molecule has 1 aliphatic heterocycles. The molecule has 6 rings (SSSR count). The van der Waals surface area contributed by atoms with Crippen LogP contribution < -0.4 is 0 Å². The molecule has 0 aromatic carbocycles. The molecule has 8 heteroatoms. The van der Waals surface area contributed by atoms with E-state index in [-0.39, 0.29) is 29.1 Å². The normalized spacial score (nSPS) is 43.2. The van der Waals surface area contributed by atoms with Crippen molar-refractivity contribution in [3.63, 3.8) is 0 Å². The molecule has 6 fully saturated rings. The Bertz CT molecular complexity index is 994. The lowest BCUT2D eigenvalue weighted by atomic mass is 9.46. The number of rotatable bonds is 9. The summed E-state index contributed by atoms with van der Waals surface area (Å²) in [5.41, 5.74) is 0.197. The minimum absolute atomic E-state index is 0.0257. The van der Waals surface area contributed by atoms with E-state index >= 15 is 0 Å². The second-order valence-corrected chi connectivity index (χ2v) is 17.1. The molecular formula is C38H69NO7. The van der Waals surface area contributed by atoms with Crippen LogP contribution in [0.5, 0.6) is 0 Å². The number of likely N-dealkylation sites (N-methyl/N-ethyl adjacent to an activating group) is 1. The predicted octanol–water partition coefficient (Wildman–Crippen LogP) is 5.70. The van der Waals surface area contributed by atoms with Gasteiger partial charge in [0.2, 0.25) is 0 Å². The van der Waals surface area contributed by atoms with E-state index < -0.39 is 5.60 Å². The Morgan fingerprint density at radius 3 is 2.26 bits per heavy atom. The van der Waals surface area contributed by atoms with E-state index in [2.05, 4.69) is 39.6 Å². The molecule has 8 nitrogen and oxygen atoms in total. The average molecular weight is 652 g/mol. The van der Waals surface area contributed by atoms with Gasteiger partial charge in [-0.05, 0) is 131 Å². The molecule has 46 heavy (non-hydrogen) atoms. The molecule has 0 aromatic rings. The second kappa shape index (κ2) is 14.6. The van der Waals surface area contributed by atoms with Crippen molar-refractivity contribution in [2.24, 2.45) is 51.2 Å². The van der Waals surface area contributed by atoms with Gasteiger partial charge in [0.1, 0.15) is 6.10 Å². The minimum Gasteiger partial charge on any atom is -0.464 e. The lowest BCUT2D eigenvalue weighted by molar-refractivity contribution is -0.163. The third-order valence-corrected chi connectivity index (χ3v) is 14.7. The highest BCUT2D eigenvalue weighted by Gasteiger charge is 2.84. The van der Waals surface area contributed by atoms with Gasteiger partial charge in [0.15, 0.2) is 0 Å². The zero-order chi connectivity index (χ0) is 34.1. The van der Waals surface area contributed by atoms with Crippen molar-refractivity contribution in [1.29, 1.82) is 0 Å². The Morgan fingerprint density at radius 1 is 1.02 bits per heavy atom. The first-order chi connectivity index (χ1) is 21.7. The summed E-state index contributed by atoms with van der Waals surface area (Å²) in [5.74, 6) is 3.01. The molecule has 0 amide bonds. The molecule has 1 saturated heterocycles. The van der Waals surface area contributed by atoms with Crippen molar-refractivity contribution in [3.05, 3.63) is 0 Å². The molecule has 5 aliphatic carbocycles. The van der Waals surface area contributed by atoms with Crippen molar-refractivity contribution < 1.29 is 34.3 Å². The maximum atomic E-state index is 11.4. The zero-order valence-corrected chi connectivity index (χ0v) is 30.7. The fraction of sp³-hybridized carbons (Fsp3) is 0.974. The Hall–Kier alpha value is -0.770. The van der Waals surface area contributed by atoms with Gasteiger partial charge < -0.3 is 34.4 Å². The van der Waals surface area contributed by atoms with E-state index in [4.69, 9.17) is 19.3 Å². The molecule has 11 atom stereocenters. The van der Waals surface area contributed by atoms with Gasteiger partial charge in [0.05, 0.1) is 31.0 Å². The number of hydrogen-bond donors (Lipinski definition) is 3. The maximum absolute atomic E-state index is 11.4. The average Bonchev–Trinajstić information content (AvgIpc) is 3.43. The monoisotopic (exact) mass is 652 g/mol. The van der Waals surface area contributed by atoms with E-state index in [1.165, 1.54) is 32.1 Å². The van der Waals surface area contributed by atoms with Crippen LogP contribution in [-0.2, 0) is 19.0 Å².